The minimum Gasteiger partial charge on any atom is -0.379 e. The van der Waals surface area contributed by atoms with Crippen LogP contribution in [0.3, 0.4) is 0 Å². The summed E-state index contributed by atoms with van der Waals surface area (Å²) in [5, 5.41) is 3.10. The van der Waals surface area contributed by atoms with Crippen LogP contribution < -0.4 is 5.32 Å². The molecule has 1 N–H and O–H groups in total. The third-order valence-corrected chi connectivity index (χ3v) is 1.64. The highest BCUT2D eigenvalue weighted by Crippen LogP contribution is 1.94. The van der Waals surface area contributed by atoms with E-state index in [1.54, 1.807) is 0 Å². The summed E-state index contributed by atoms with van der Waals surface area (Å²) in [5.74, 6) is 0. The summed E-state index contributed by atoms with van der Waals surface area (Å²) in [4.78, 5) is 0. The van der Waals surface area contributed by atoms with Gasteiger partial charge in [0.05, 0.1) is 12.7 Å². The van der Waals surface area contributed by atoms with Crippen LogP contribution in [0.15, 0.2) is 0 Å². The molecular weight excluding hydrogens is 166 g/mol. The number of hydrogen-bond donors (Lipinski definition) is 1. The van der Waals surface area contributed by atoms with E-state index in [0.717, 1.165) is 32.6 Å². The van der Waals surface area contributed by atoms with Crippen LogP contribution in [-0.4, -0.2) is 39.5 Å². The summed E-state index contributed by atoms with van der Waals surface area (Å²) >= 11 is 0. The lowest BCUT2D eigenvalue weighted by Gasteiger charge is -2.17. The maximum atomic E-state index is 5.59. The second kappa shape index (κ2) is 9.96. The SMILES string of the molecule is CCCOCC(CNC)OCCC. The second-order valence-corrected chi connectivity index (χ2v) is 3.13. The Morgan fingerprint density at radius 2 is 1.85 bits per heavy atom. The van der Waals surface area contributed by atoms with E-state index in [1.165, 1.54) is 0 Å². The molecule has 3 nitrogen and oxygen atoms in total. The number of hydrogen-bond acceptors (Lipinski definition) is 3. The summed E-state index contributed by atoms with van der Waals surface area (Å²) in [6.45, 7) is 7.44. The smallest absolute Gasteiger partial charge is 0.0932 e. The number of ether oxygens (including phenoxy) is 2. The van der Waals surface area contributed by atoms with Gasteiger partial charge < -0.3 is 14.8 Å². The van der Waals surface area contributed by atoms with Crippen molar-refractivity contribution in [3.8, 4) is 0 Å². The zero-order valence-electron chi connectivity index (χ0n) is 9.14. The first kappa shape index (κ1) is 12.9. The highest BCUT2D eigenvalue weighted by atomic mass is 16.5. The predicted octanol–water partition coefficient (Wildman–Crippen LogP) is 1.43. The molecule has 0 bridgehead atoms. The predicted molar refractivity (Wildman–Crippen MR) is 55.1 cm³/mol. The van der Waals surface area contributed by atoms with Gasteiger partial charge >= 0.3 is 0 Å². The molecule has 0 fully saturated rings. The van der Waals surface area contributed by atoms with Crippen molar-refractivity contribution in [1.29, 1.82) is 0 Å². The average molecular weight is 189 g/mol. The van der Waals surface area contributed by atoms with Gasteiger partial charge in [-0.3, -0.25) is 0 Å². The Bertz CT molecular complexity index is 98.9. The van der Waals surface area contributed by atoms with Crippen LogP contribution in [0.1, 0.15) is 26.7 Å². The zero-order valence-corrected chi connectivity index (χ0v) is 9.14. The minimum atomic E-state index is 0.205. The first-order chi connectivity index (χ1) is 6.35. The molecule has 1 unspecified atom stereocenters. The molecule has 13 heavy (non-hydrogen) atoms. The van der Waals surface area contributed by atoms with Crippen LogP contribution in [0.4, 0.5) is 0 Å². The maximum absolute atomic E-state index is 5.59. The normalized spacial score (nSPS) is 13.2. The van der Waals surface area contributed by atoms with E-state index in [0.29, 0.717) is 6.61 Å². The molecule has 3 heteroatoms. The van der Waals surface area contributed by atoms with Gasteiger partial charge in [-0.05, 0) is 19.9 Å². The standard InChI is InChI=1S/C10H23NO2/c1-4-6-12-9-10(8-11-3)13-7-5-2/h10-11H,4-9H2,1-3H3. The monoisotopic (exact) mass is 189 g/mol. The van der Waals surface area contributed by atoms with Crippen molar-refractivity contribution in [2.75, 3.05) is 33.4 Å². The largest absolute Gasteiger partial charge is 0.379 e. The van der Waals surface area contributed by atoms with Gasteiger partial charge in [0.1, 0.15) is 0 Å². The average Bonchev–Trinajstić information content (AvgIpc) is 2.14. The molecule has 0 saturated heterocycles. The Kier molecular flexibility index (Phi) is 9.87. The van der Waals surface area contributed by atoms with Gasteiger partial charge in [0.2, 0.25) is 0 Å². The van der Waals surface area contributed by atoms with Gasteiger partial charge in [-0.1, -0.05) is 13.8 Å². The van der Waals surface area contributed by atoms with E-state index in [1.807, 2.05) is 7.05 Å². The molecule has 80 valence electrons. The molecule has 0 saturated carbocycles. The van der Waals surface area contributed by atoms with Crippen molar-refractivity contribution in [2.45, 2.75) is 32.8 Å². The summed E-state index contributed by atoms with van der Waals surface area (Å²) in [6, 6.07) is 0. The van der Waals surface area contributed by atoms with Crippen LogP contribution in [0.5, 0.6) is 0 Å². The van der Waals surface area contributed by atoms with Crippen LogP contribution in [-0.2, 0) is 9.47 Å². The minimum absolute atomic E-state index is 0.205. The number of nitrogens with one attached hydrogen (secondary N) is 1. The fourth-order valence-electron chi connectivity index (χ4n) is 1.04. The van der Waals surface area contributed by atoms with Gasteiger partial charge in [-0.2, -0.15) is 0 Å². The van der Waals surface area contributed by atoms with Crippen molar-refractivity contribution in [3.63, 3.8) is 0 Å². The summed E-state index contributed by atoms with van der Waals surface area (Å²) in [6.07, 6.45) is 2.34. The number of likely N-dealkylation sites (N-methyl/N-ethyl adjacent to an activating group) is 1. The van der Waals surface area contributed by atoms with Gasteiger partial charge in [0.15, 0.2) is 0 Å². The Balaban J connectivity index is 3.41. The molecular formula is C10H23NO2. The topological polar surface area (TPSA) is 30.5 Å². The van der Waals surface area contributed by atoms with E-state index in [-0.39, 0.29) is 6.10 Å². The van der Waals surface area contributed by atoms with E-state index in [2.05, 4.69) is 19.2 Å². The Labute approximate surface area is 81.8 Å². The lowest BCUT2D eigenvalue weighted by Crippen LogP contribution is -2.31. The van der Waals surface area contributed by atoms with Crippen molar-refractivity contribution < 1.29 is 9.47 Å². The molecule has 0 aromatic rings. The van der Waals surface area contributed by atoms with Crippen molar-refractivity contribution in [1.82, 2.24) is 5.32 Å². The first-order valence-electron chi connectivity index (χ1n) is 5.19. The maximum Gasteiger partial charge on any atom is 0.0932 e. The summed E-state index contributed by atoms with van der Waals surface area (Å²) < 4.78 is 11.0. The highest BCUT2D eigenvalue weighted by Gasteiger charge is 2.06. The molecule has 0 aliphatic rings. The van der Waals surface area contributed by atoms with Crippen LogP contribution in [0.25, 0.3) is 0 Å². The van der Waals surface area contributed by atoms with Gasteiger partial charge in [-0.25, -0.2) is 0 Å². The molecule has 0 radical (unpaired) electrons. The summed E-state index contributed by atoms with van der Waals surface area (Å²) in [7, 11) is 1.93. The third kappa shape index (κ3) is 8.22. The second-order valence-electron chi connectivity index (χ2n) is 3.13. The zero-order chi connectivity index (χ0) is 9.94. The molecule has 0 aromatic carbocycles. The Hall–Kier alpha value is -0.120. The molecule has 0 heterocycles. The quantitative estimate of drug-likeness (QED) is 0.557. The van der Waals surface area contributed by atoms with Crippen molar-refractivity contribution >= 4 is 0 Å². The third-order valence-electron chi connectivity index (χ3n) is 1.64. The van der Waals surface area contributed by atoms with E-state index in [9.17, 15) is 0 Å². The molecule has 0 aliphatic heterocycles. The van der Waals surface area contributed by atoms with Gasteiger partial charge in [-0.15, -0.1) is 0 Å². The fourth-order valence-corrected chi connectivity index (χ4v) is 1.04. The lowest BCUT2D eigenvalue weighted by atomic mass is 10.3. The van der Waals surface area contributed by atoms with Gasteiger partial charge in [0, 0.05) is 19.8 Å². The van der Waals surface area contributed by atoms with Crippen molar-refractivity contribution in [3.05, 3.63) is 0 Å². The highest BCUT2D eigenvalue weighted by molar-refractivity contribution is 4.58. The molecule has 0 aromatic heterocycles. The molecule has 0 rings (SSSR count). The number of rotatable bonds is 9. The van der Waals surface area contributed by atoms with Crippen LogP contribution >= 0.6 is 0 Å². The molecule has 0 aliphatic carbocycles. The van der Waals surface area contributed by atoms with E-state index >= 15 is 0 Å². The first-order valence-corrected chi connectivity index (χ1v) is 5.19. The Morgan fingerprint density at radius 1 is 1.15 bits per heavy atom. The van der Waals surface area contributed by atoms with Gasteiger partial charge in [0.25, 0.3) is 0 Å². The fraction of sp³-hybridized carbons (Fsp3) is 1.00. The summed E-state index contributed by atoms with van der Waals surface area (Å²) in [5.41, 5.74) is 0. The van der Waals surface area contributed by atoms with Crippen LogP contribution in [0, 0.1) is 0 Å². The molecule has 0 amide bonds. The van der Waals surface area contributed by atoms with Crippen molar-refractivity contribution in [2.24, 2.45) is 0 Å². The lowest BCUT2D eigenvalue weighted by molar-refractivity contribution is -0.0143. The molecule has 1 atom stereocenters. The van der Waals surface area contributed by atoms with E-state index < -0.39 is 0 Å². The van der Waals surface area contributed by atoms with Crippen LogP contribution in [0.2, 0.25) is 0 Å². The molecule has 0 spiro atoms. The van der Waals surface area contributed by atoms with E-state index in [4.69, 9.17) is 9.47 Å². The Morgan fingerprint density at radius 3 is 2.38 bits per heavy atom.